The van der Waals surface area contributed by atoms with Crippen LogP contribution in [-0.4, -0.2) is 31.4 Å². The minimum Gasteiger partial charge on any atom is -0.463 e. The van der Waals surface area contributed by atoms with E-state index >= 15 is 0 Å². The highest BCUT2D eigenvalue weighted by atomic mass is 16.7. The third-order valence-corrected chi connectivity index (χ3v) is 3.05. The van der Waals surface area contributed by atoms with E-state index in [0.29, 0.717) is 25.2 Å². The summed E-state index contributed by atoms with van der Waals surface area (Å²) >= 11 is 0. The summed E-state index contributed by atoms with van der Waals surface area (Å²) in [5.74, 6) is -1.25. The van der Waals surface area contributed by atoms with Gasteiger partial charge in [-0.05, 0) is 20.3 Å². The van der Waals surface area contributed by atoms with E-state index in [9.17, 15) is 9.59 Å². The number of carbonyl (C=O) groups is 2. The highest BCUT2D eigenvalue weighted by Gasteiger charge is 2.51. The average molecular weight is 240 g/mol. The first-order chi connectivity index (χ1) is 8.19. The molecule has 2 aliphatic rings. The van der Waals surface area contributed by atoms with Gasteiger partial charge in [0.2, 0.25) is 6.29 Å². The zero-order chi connectivity index (χ0) is 12.4. The highest BCUT2D eigenvalue weighted by Crippen LogP contribution is 2.42. The predicted molar refractivity (Wildman–Crippen MR) is 57.8 cm³/mol. The van der Waals surface area contributed by atoms with Crippen molar-refractivity contribution < 1.29 is 23.8 Å². The van der Waals surface area contributed by atoms with Gasteiger partial charge in [-0.25, -0.2) is 4.79 Å². The van der Waals surface area contributed by atoms with Gasteiger partial charge in [-0.15, -0.1) is 0 Å². The lowest BCUT2D eigenvalue weighted by Crippen LogP contribution is -2.26. The molecule has 0 saturated carbocycles. The van der Waals surface area contributed by atoms with E-state index in [4.69, 9.17) is 14.2 Å². The fourth-order valence-electron chi connectivity index (χ4n) is 2.34. The van der Waals surface area contributed by atoms with Gasteiger partial charge in [-0.1, -0.05) is 6.08 Å². The first-order valence-electron chi connectivity index (χ1n) is 5.88. The molecule has 1 fully saturated rings. The third-order valence-electron chi connectivity index (χ3n) is 3.05. The summed E-state index contributed by atoms with van der Waals surface area (Å²) in [5.41, 5.74) is 0.515. The first-order valence-corrected chi connectivity index (χ1v) is 5.88. The van der Waals surface area contributed by atoms with Crippen molar-refractivity contribution in [1.29, 1.82) is 0 Å². The maximum Gasteiger partial charge on any atom is 0.334 e. The molecule has 0 aromatic rings. The van der Waals surface area contributed by atoms with Gasteiger partial charge in [-0.2, -0.15) is 0 Å². The molecule has 0 N–H and O–H groups in total. The van der Waals surface area contributed by atoms with E-state index < -0.39 is 6.29 Å². The Labute approximate surface area is 99.7 Å². The summed E-state index contributed by atoms with van der Waals surface area (Å²) in [4.78, 5) is 23.3. The fraction of sp³-hybridized carbons (Fsp3) is 0.667. The second kappa shape index (κ2) is 4.87. The second-order valence-electron chi connectivity index (χ2n) is 4.01. The standard InChI is InChI=1S/C12H16O5/c1-3-15-10(13)7-5-6-8-9(7)12(16-4-2)17-11(8)14/h5,8-9,12H,3-4,6H2,1-2H3/t8-,9+,12+/m0/s1. The molecular weight excluding hydrogens is 224 g/mol. The third kappa shape index (κ3) is 2.07. The average Bonchev–Trinajstić information content (AvgIpc) is 2.83. The van der Waals surface area contributed by atoms with Crippen LogP contribution in [0, 0.1) is 11.8 Å². The van der Waals surface area contributed by atoms with Crippen molar-refractivity contribution in [2.24, 2.45) is 11.8 Å². The van der Waals surface area contributed by atoms with Gasteiger partial charge in [0.25, 0.3) is 0 Å². The Kier molecular flexibility index (Phi) is 3.47. The Balaban J connectivity index is 2.15. The van der Waals surface area contributed by atoms with Crippen molar-refractivity contribution in [3.8, 4) is 0 Å². The lowest BCUT2D eigenvalue weighted by molar-refractivity contribution is -0.166. The zero-order valence-electron chi connectivity index (χ0n) is 9.97. The van der Waals surface area contributed by atoms with E-state index in [-0.39, 0.29) is 23.8 Å². The van der Waals surface area contributed by atoms with Crippen LogP contribution in [0.3, 0.4) is 0 Å². The fourth-order valence-corrected chi connectivity index (χ4v) is 2.34. The quantitative estimate of drug-likeness (QED) is 0.687. The van der Waals surface area contributed by atoms with Gasteiger partial charge >= 0.3 is 11.9 Å². The van der Waals surface area contributed by atoms with Gasteiger partial charge in [0.05, 0.1) is 18.4 Å². The summed E-state index contributed by atoms with van der Waals surface area (Å²) in [6.45, 7) is 4.34. The van der Waals surface area contributed by atoms with Gasteiger partial charge in [0, 0.05) is 12.2 Å². The minimum atomic E-state index is -0.643. The van der Waals surface area contributed by atoms with Crippen LogP contribution in [0.4, 0.5) is 0 Å². The largest absolute Gasteiger partial charge is 0.463 e. The topological polar surface area (TPSA) is 61.8 Å². The number of cyclic esters (lactones) is 1. The summed E-state index contributed by atoms with van der Waals surface area (Å²) in [6, 6.07) is 0. The van der Waals surface area contributed by atoms with E-state index in [1.54, 1.807) is 13.0 Å². The van der Waals surface area contributed by atoms with Crippen LogP contribution < -0.4 is 0 Å². The number of carbonyl (C=O) groups excluding carboxylic acids is 2. The Morgan fingerprint density at radius 2 is 2.24 bits per heavy atom. The molecule has 1 aliphatic heterocycles. The van der Waals surface area contributed by atoms with E-state index in [1.807, 2.05) is 6.92 Å². The molecule has 0 aromatic heterocycles. The molecule has 94 valence electrons. The molecule has 0 unspecified atom stereocenters. The normalized spacial score (nSPS) is 30.8. The van der Waals surface area contributed by atoms with Gasteiger partial charge < -0.3 is 14.2 Å². The maximum absolute atomic E-state index is 11.7. The molecule has 0 amide bonds. The van der Waals surface area contributed by atoms with Crippen molar-refractivity contribution in [3.63, 3.8) is 0 Å². The van der Waals surface area contributed by atoms with Crippen molar-refractivity contribution in [1.82, 2.24) is 0 Å². The van der Waals surface area contributed by atoms with Gasteiger partial charge in [0.15, 0.2) is 0 Å². The van der Waals surface area contributed by atoms with E-state index in [2.05, 4.69) is 0 Å². The Morgan fingerprint density at radius 1 is 1.47 bits per heavy atom. The predicted octanol–water partition coefficient (Wildman–Crippen LogP) is 1.03. The molecule has 17 heavy (non-hydrogen) atoms. The van der Waals surface area contributed by atoms with Crippen LogP contribution in [-0.2, 0) is 23.8 Å². The molecule has 0 spiro atoms. The molecular formula is C12H16O5. The molecule has 0 radical (unpaired) electrons. The summed E-state index contributed by atoms with van der Waals surface area (Å²) in [7, 11) is 0. The van der Waals surface area contributed by atoms with Crippen LogP contribution in [0.1, 0.15) is 20.3 Å². The van der Waals surface area contributed by atoms with Gasteiger partial charge in [0.1, 0.15) is 0 Å². The number of fused-ring (bicyclic) bond motifs is 1. The number of esters is 2. The number of hydrogen-bond acceptors (Lipinski definition) is 5. The van der Waals surface area contributed by atoms with Crippen LogP contribution in [0.2, 0.25) is 0 Å². The molecule has 0 bridgehead atoms. The van der Waals surface area contributed by atoms with Crippen LogP contribution in [0.25, 0.3) is 0 Å². The zero-order valence-corrected chi connectivity index (χ0v) is 9.97. The first kappa shape index (κ1) is 12.1. The molecule has 0 aromatic carbocycles. The Hall–Kier alpha value is -1.36. The van der Waals surface area contributed by atoms with Gasteiger partial charge in [-0.3, -0.25) is 4.79 Å². The molecule has 5 nitrogen and oxygen atoms in total. The number of allylic oxidation sites excluding steroid dienone is 1. The lowest BCUT2D eigenvalue weighted by atomic mass is 9.93. The lowest BCUT2D eigenvalue weighted by Gasteiger charge is -2.18. The molecule has 3 atom stereocenters. The molecule has 2 rings (SSSR count). The van der Waals surface area contributed by atoms with Crippen molar-refractivity contribution in [3.05, 3.63) is 11.6 Å². The number of rotatable bonds is 4. The highest BCUT2D eigenvalue weighted by molar-refractivity contribution is 5.92. The van der Waals surface area contributed by atoms with Crippen LogP contribution >= 0.6 is 0 Å². The van der Waals surface area contributed by atoms with Crippen molar-refractivity contribution in [2.45, 2.75) is 26.6 Å². The molecule has 5 heteroatoms. The van der Waals surface area contributed by atoms with E-state index in [1.165, 1.54) is 0 Å². The Bertz CT molecular complexity index is 360. The SMILES string of the molecule is CCOC(=O)C1=CC[C@@H]2C(=O)O[C@@H](OCC)[C@H]12. The summed E-state index contributed by atoms with van der Waals surface area (Å²) in [5, 5.41) is 0. The molecule has 1 saturated heterocycles. The molecule has 1 heterocycles. The monoisotopic (exact) mass is 240 g/mol. The maximum atomic E-state index is 11.7. The molecule has 1 aliphatic carbocycles. The number of ether oxygens (including phenoxy) is 3. The smallest absolute Gasteiger partial charge is 0.334 e. The summed E-state index contributed by atoms with van der Waals surface area (Å²) < 4.78 is 15.4. The second-order valence-corrected chi connectivity index (χ2v) is 4.01. The van der Waals surface area contributed by atoms with Crippen LogP contribution in [0.15, 0.2) is 11.6 Å². The number of hydrogen-bond donors (Lipinski definition) is 0. The van der Waals surface area contributed by atoms with Crippen molar-refractivity contribution >= 4 is 11.9 Å². The summed E-state index contributed by atoms with van der Waals surface area (Å²) in [6.07, 6.45) is 1.65. The van der Waals surface area contributed by atoms with Crippen molar-refractivity contribution in [2.75, 3.05) is 13.2 Å². The van der Waals surface area contributed by atoms with E-state index in [0.717, 1.165) is 0 Å². The van der Waals surface area contributed by atoms with Crippen LogP contribution in [0.5, 0.6) is 0 Å². The minimum absolute atomic E-state index is 0.286. The Morgan fingerprint density at radius 3 is 2.88 bits per heavy atom.